The van der Waals surface area contributed by atoms with Gasteiger partial charge in [0, 0.05) is 30.3 Å². The normalized spacial score (nSPS) is 13.9. The maximum absolute atomic E-state index is 11.4. The van der Waals surface area contributed by atoms with E-state index >= 15 is 0 Å². The van der Waals surface area contributed by atoms with Crippen molar-refractivity contribution in [2.24, 2.45) is 0 Å². The van der Waals surface area contributed by atoms with Crippen LogP contribution in [0.15, 0.2) is 6.33 Å². The molecule has 5 nitrogen and oxygen atoms in total. The van der Waals surface area contributed by atoms with Crippen molar-refractivity contribution in [3.05, 3.63) is 16.8 Å². The van der Waals surface area contributed by atoms with Crippen molar-refractivity contribution >= 4 is 44.9 Å². The Bertz CT molecular complexity index is 673. The zero-order valence-corrected chi connectivity index (χ0v) is 13.9. The number of aromatic nitrogens is 2. The van der Waals surface area contributed by atoms with Crippen LogP contribution in [0.2, 0.25) is 0 Å². The van der Waals surface area contributed by atoms with E-state index in [-0.39, 0.29) is 5.91 Å². The number of anilines is 1. The maximum atomic E-state index is 11.4. The van der Waals surface area contributed by atoms with Gasteiger partial charge in [0.1, 0.15) is 17.0 Å². The molecule has 1 aliphatic carbocycles. The van der Waals surface area contributed by atoms with Crippen LogP contribution < -0.4 is 10.6 Å². The number of hydrogen-bond acceptors (Lipinski definition) is 5. The van der Waals surface area contributed by atoms with Gasteiger partial charge in [0.05, 0.1) is 5.39 Å². The number of fused-ring (bicyclic) bond motifs is 3. The van der Waals surface area contributed by atoms with Crippen LogP contribution in [-0.4, -0.2) is 34.8 Å². The van der Waals surface area contributed by atoms with Crippen LogP contribution in [0.4, 0.5) is 5.82 Å². The minimum absolute atomic E-state index is 0.0162. The summed E-state index contributed by atoms with van der Waals surface area (Å²) < 4.78 is 0. The van der Waals surface area contributed by atoms with Crippen molar-refractivity contribution in [3.63, 3.8) is 0 Å². The summed E-state index contributed by atoms with van der Waals surface area (Å²) in [6, 6.07) is 0. The van der Waals surface area contributed by atoms with Crippen molar-refractivity contribution in [1.29, 1.82) is 0 Å². The molecule has 7 heteroatoms. The van der Waals surface area contributed by atoms with Crippen LogP contribution in [0.25, 0.3) is 10.2 Å². The van der Waals surface area contributed by atoms with Crippen LogP contribution in [0, 0.1) is 0 Å². The fourth-order valence-corrected chi connectivity index (χ4v) is 4.18. The Morgan fingerprint density at radius 1 is 1.27 bits per heavy atom. The summed E-state index contributed by atoms with van der Waals surface area (Å²) in [5, 5.41) is 7.34. The number of alkyl halides is 1. The fraction of sp³-hybridized carbons (Fsp3) is 0.533. The number of carbonyl (C=O) groups is 1. The minimum Gasteiger partial charge on any atom is -0.368 e. The van der Waals surface area contributed by atoms with Gasteiger partial charge < -0.3 is 10.6 Å². The highest BCUT2D eigenvalue weighted by Gasteiger charge is 2.19. The average Bonchev–Trinajstić information content (AvgIpc) is 2.91. The standard InChI is InChI=1S/C15H19ClN4OS/c16-6-5-12(21)17-7-8-18-14-13-10-3-1-2-4-11(10)22-15(13)20-9-19-14/h9H,1-8H2,(H,17,21)(H,18,19,20). The first-order valence-corrected chi connectivity index (χ1v) is 8.96. The SMILES string of the molecule is O=C(CCCl)NCCNc1ncnc2sc3c(c12)CCCC3. The average molecular weight is 339 g/mol. The van der Waals surface area contributed by atoms with Gasteiger partial charge in [-0.1, -0.05) is 0 Å². The van der Waals surface area contributed by atoms with E-state index < -0.39 is 0 Å². The lowest BCUT2D eigenvalue weighted by Gasteiger charge is -2.12. The first-order chi connectivity index (χ1) is 10.8. The van der Waals surface area contributed by atoms with E-state index in [0.717, 1.165) is 23.5 Å². The molecule has 0 radical (unpaired) electrons. The molecule has 0 saturated carbocycles. The van der Waals surface area contributed by atoms with Gasteiger partial charge in [0.15, 0.2) is 0 Å². The van der Waals surface area contributed by atoms with Crippen LogP contribution >= 0.6 is 22.9 Å². The van der Waals surface area contributed by atoms with Gasteiger partial charge in [-0.2, -0.15) is 0 Å². The molecule has 0 atom stereocenters. The van der Waals surface area contributed by atoms with Gasteiger partial charge in [0.2, 0.25) is 5.91 Å². The van der Waals surface area contributed by atoms with E-state index in [2.05, 4.69) is 20.6 Å². The third-order valence-corrected chi connectivity index (χ3v) is 5.20. The summed E-state index contributed by atoms with van der Waals surface area (Å²) in [6.07, 6.45) is 6.74. The topological polar surface area (TPSA) is 66.9 Å². The van der Waals surface area contributed by atoms with Crippen molar-refractivity contribution in [3.8, 4) is 0 Å². The molecule has 1 aliphatic rings. The zero-order chi connectivity index (χ0) is 15.4. The molecule has 2 N–H and O–H groups in total. The first kappa shape index (κ1) is 15.5. The van der Waals surface area contributed by atoms with Crippen molar-refractivity contribution in [2.45, 2.75) is 32.1 Å². The molecular weight excluding hydrogens is 320 g/mol. The molecule has 0 aromatic carbocycles. The van der Waals surface area contributed by atoms with Gasteiger partial charge in [-0.25, -0.2) is 9.97 Å². The molecule has 0 saturated heterocycles. The molecule has 0 spiro atoms. The highest BCUT2D eigenvalue weighted by molar-refractivity contribution is 7.19. The number of nitrogens with zero attached hydrogens (tertiary/aromatic N) is 2. The summed E-state index contributed by atoms with van der Waals surface area (Å²) in [6.45, 7) is 1.21. The Kier molecular flexibility index (Phi) is 5.10. The number of rotatable bonds is 6. The highest BCUT2D eigenvalue weighted by Crippen LogP contribution is 2.37. The van der Waals surface area contributed by atoms with Gasteiger partial charge in [-0.3, -0.25) is 4.79 Å². The van der Waals surface area contributed by atoms with Crippen LogP contribution in [-0.2, 0) is 17.6 Å². The number of nitrogens with one attached hydrogen (secondary N) is 2. The Morgan fingerprint density at radius 3 is 3.00 bits per heavy atom. The van der Waals surface area contributed by atoms with Gasteiger partial charge in [-0.15, -0.1) is 22.9 Å². The van der Waals surface area contributed by atoms with Crippen LogP contribution in [0.3, 0.4) is 0 Å². The molecule has 2 heterocycles. The summed E-state index contributed by atoms with van der Waals surface area (Å²) in [5.41, 5.74) is 1.42. The lowest BCUT2D eigenvalue weighted by molar-refractivity contribution is -0.120. The Balaban J connectivity index is 1.69. The second-order valence-electron chi connectivity index (χ2n) is 5.33. The Morgan fingerprint density at radius 2 is 2.14 bits per heavy atom. The third kappa shape index (κ3) is 3.33. The number of amides is 1. The highest BCUT2D eigenvalue weighted by atomic mass is 35.5. The monoisotopic (exact) mass is 338 g/mol. The van der Waals surface area contributed by atoms with E-state index in [0.29, 0.717) is 25.4 Å². The smallest absolute Gasteiger partial charge is 0.221 e. The predicted octanol–water partition coefficient (Wildman–Crippen LogP) is 2.73. The quantitative estimate of drug-likeness (QED) is 0.628. The molecule has 2 aromatic heterocycles. The fourth-order valence-electron chi connectivity index (χ4n) is 2.78. The minimum atomic E-state index is -0.0162. The lowest BCUT2D eigenvalue weighted by atomic mass is 9.97. The van der Waals surface area contributed by atoms with Crippen LogP contribution in [0.1, 0.15) is 29.7 Å². The molecule has 3 rings (SSSR count). The Labute approximate surface area is 138 Å². The van der Waals surface area contributed by atoms with Crippen molar-refractivity contribution < 1.29 is 4.79 Å². The molecule has 0 bridgehead atoms. The molecule has 2 aromatic rings. The third-order valence-electron chi connectivity index (χ3n) is 3.81. The summed E-state index contributed by atoms with van der Waals surface area (Å²) >= 11 is 7.32. The largest absolute Gasteiger partial charge is 0.368 e. The predicted molar refractivity (Wildman–Crippen MR) is 90.9 cm³/mol. The molecular formula is C15H19ClN4OS. The summed E-state index contributed by atoms with van der Waals surface area (Å²) in [7, 11) is 0. The number of aryl methyl sites for hydroxylation is 2. The number of carbonyl (C=O) groups excluding carboxylic acids is 1. The molecule has 22 heavy (non-hydrogen) atoms. The van der Waals surface area contributed by atoms with Gasteiger partial charge in [-0.05, 0) is 31.2 Å². The molecule has 0 unspecified atom stereocenters. The first-order valence-electron chi connectivity index (χ1n) is 7.61. The summed E-state index contributed by atoms with van der Waals surface area (Å²) in [5.74, 6) is 1.22. The second kappa shape index (κ2) is 7.24. The van der Waals surface area contributed by atoms with E-state index in [4.69, 9.17) is 11.6 Å². The number of halogens is 1. The van der Waals surface area contributed by atoms with Gasteiger partial charge in [0.25, 0.3) is 0 Å². The molecule has 0 fully saturated rings. The zero-order valence-electron chi connectivity index (χ0n) is 12.3. The van der Waals surface area contributed by atoms with E-state index in [1.54, 1.807) is 17.7 Å². The maximum Gasteiger partial charge on any atom is 0.221 e. The van der Waals surface area contributed by atoms with Gasteiger partial charge >= 0.3 is 0 Å². The van der Waals surface area contributed by atoms with Crippen molar-refractivity contribution in [2.75, 3.05) is 24.3 Å². The second-order valence-corrected chi connectivity index (χ2v) is 6.79. The van der Waals surface area contributed by atoms with Crippen molar-refractivity contribution in [1.82, 2.24) is 15.3 Å². The summed E-state index contributed by atoms with van der Waals surface area (Å²) in [4.78, 5) is 22.7. The van der Waals surface area contributed by atoms with E-state index in [9.17, 15) is 4.79 Å². The Hall–Kier alpha value is -1.40. The molecule has 1 amide bonds. The lowest BCUT2D eigenvalue weighted by Crippen LogP contribution is -2.29. The molecule has 118 valence electrons. The van der Waals surface area contributed by atoms with Crippen LogP contribution in [0.5, 0.6) is 0 Å². The number of thiophene rings is 1. The van der Waals surface area contributed by atoms with E-state index in [1.807, 2.05) is 0 Å². The van der Waals surface area contributed by atoms with E-state index in [1.165, 1.54) is 28.7 Å². The number of hydrogen-bond donors (Lipinski definition) is 2. The molecule has 0 aliphatic heterocycles.